The maximum Gasteiger partial charge on any atom is 0.274 e. The molecular formula is C13H22N4O2. The third-order valence-corrected chi connectivity index (χ3v) is 3.99. The molecule has 1 heterocycles. The first-order valence-corrected chi connectivity index (χ1v) is 6.72. The number of anilines is 1. The number of nitrogen functional groups attached to an aromatic ring is 1. The lowest BCUT2D eigenvalue weighted by atomic mass is 9.79. The highest BCUT2D eigenvalue weighted by atomic mass is 16.3. The number of carbonyl (C=O) groups excluding carboxylic acids is 1. The zero-order valence-electron chi connectivity index (χ0n) is 11.5. The van der Waals surface area contributed by atoms with Gasteiger partial charge in [-0.25, -0.2) is 0 Å². The molecule has 0 bridgehead atoms. The molecule has 1 fully saturated rings. The summed E-state index contributed by atoms with van der Waals surface area (Å²) < 4.78 is 0. The summed E-state index contributed by atoms with van der Waals surface area (Å²) in [5.74, 6) is 0.314. The van der Waals surface area contributed by atoms with E-state index in [9.17, 15) is 9.90 Å². The molecule has 0 unspecified atom stereocenters. The summed E-state index contributed by atoms with van der Waals surface area (Å²) in [7, 11) is 0. The minimum atomic E-state index is -0.789. The Hall–Kier alpha value is -1.56. The number of carbonyl (C=O) groups is 1. The summed E-state index contributed by atoms with van der Waals surface area (Å²) in [5.41, 5.74) is 6.20. The molecule has 1 amide bonds. The van der Waals surface area contributed by atoms with Crippen LogP contribution in [0.4, 0.5) is 5.69 Å². The molecule has 1 aliphatic rings. The maximum atomic E-state index is 11.9. The summed E-state index contributed by atoms with van der Waals surface area (Å²) in [6.07, 6.45) is 3.44. The molecule has 0 radical (unpaired) electrons. The monoisotopic (exact) mass is 266 g/mol. The van der Waals surface area contributed by atoms with E-state index in [1.54, 1.807) is 6.92 Å². The molecule has 0 saturated heterocycles. The van der Waals surface area contributed by atoms with Gasteiger partial charge in [-0.2, -0.15) is 5.10 Å². The van der Waals surface area contributed by atoms with Crippen LogP contribution in [0.25, 0.3) is 0 Å². The molecule has 0 atom stereocenters. The minimum absolute atomic E-state index is 0.199. The first-order chi connectivity index (χ1) is 8.91. The van der Waals surface area contributed by atoms with Gasteiger partial charge in [0, 0.05) is 6.54 Å². The molecule has 106 valence electrons. The fourth-order valence-corrected chi connectivity index (χ4v) is 2.42. The Morgan fingerprint density at radius 3 is 2.74 bits per heavy atom. The number of rotatable bonds is 3. The fraction of sp³-hybridized carbons (Fsp3) is 0.692. The Balaban J connectivity index is 1.92. The van der Waals surface area contributed by atoms with Gasteiger partial charge in [0.2, 0.25) is 0 Å². The second kappa shape index (κ2) is 5.21. The van der Waals surface area contributed by atoms with Gasteiger partial charge >= 0.3 is 0 Å². The van der Waals surface area contributed by atoms with E-state index >= 15 is 0 Å². The van der Waals surface area contributed by atoms with Crippen LogP contribution in [0.1, 0.15) is 48.8 Å². The number of nitrogens with two attached hydrogens (primary N) is 1. The topological polar surface area (TPSA) is 104 Å². The second-order valence-corrected chi connectivity index (χ2v) is 5.70. The number of aryl methyl sites for hydroxylation is 1. The highest BCUT2D eigenvalue weighted by Gasteiger charge is 2.32. The number of hydrogen-bond acceptors (Lipinski definition) is 4. The number of hydrogen-bond donors (Lipinski definition) is 4. The van der Waals surface area contributed by atoms with Crippen LogP contribution in [0.15, 0.2) is 0 Å². The lowest BCUT2D eigenvalue weighted by molar-refractivity contribution is -0.00543. The summed E-state index contributed by atoms with van der Waals surface area (Å²) in [4.78, 5) is 11.9. The molecule has 0 spiro atoms. The van der Waals surface area contributed by atoms with Gasteiger partial charge in [-0.05, 0) is 38.5 Å². The zero-order valence-corrected chi connectivity index (χ0v) is 11.5. The van der Waals surface area contributed by atoms with Crippen LogP contribution < -0.4 is 11.1 Å². The van der Waals surface area contributed by atoms with Crippen LogP contribution in [0, 0.1) is 12.8 Å². The number of nitrogens with one attached hydrogen (secondary N) is 2. The highest BCUT2D eigenvalue weighted by molar-refractivity contribution is 5.97. The first-order valence-electron chi connectivity index (χ1n) is 6.72. The van der Waals surface area contributed by atoms with Crippen LogP contribution in [0.5, 0.6) is 0 Å². The first kappa shape index (κ1) is 13.9. The summed E-state index contributed by atoms with van der Waals surface area (Å²) in [5, 5.41) is 19.7. The van der Waals surface area contributed by atoms with Crippen molar-refractivity contribution < 1.29 is 9.90 Å². The summed E-state index contributed by atoms with van der Waals surface area (Å²) in [6.45, 7) is 4.20. The summed E-state index contributed by atoms with van der Waals surface area (Å²) in [6, 6.07) is 0. The van der Waals surface area contributed by atoms with Gasteiger partial charge < -0.3 is 16.2 Å². The fourth-order valence-electron chi connectivity index (χ4n) is 2.42. The van der Waals surface area contributed by atoms with Crippen molar-refractivity contribution in [1.29, 1.82) is 0 Å². The molecule has 0 aliphatic heterocycles. The Kier molecular flexibility index (Phi) is 3.80. The van der Waals surface area contributed by atoms with E-state index in [0.29, 0.717) is 17.3 Å². The third kappa shape index (κ3) is 3.07. The number of nitrogens with zero attached hydrogens (tertiary/aromatic N) is 1. The molecule has 6 heteroatoms. The quantitative estimate of drug-likeness (QED) is 0.654. The number of aromatic amines is 1. The van der Waals surface area contributed by atoms with E-state index in [0.717, 1.165) is 25.7 Å². The van der Waals surface area contributed by atoms with Gasteiger partial charge in [0.15, 0.2) is 5.69 Å². The average Bonchev–Trinajstić information content (AvgIpc) is 2.72. The predicted octanol–water partition coefficient (Wildman–Crippen LogP) is 0.971. The van der Waals surface area contributed by atoms with Crippen molar-refractivity contribution in [2.75, 3.05) is 12.3 Å². The molecule has 1 saturated carbocycles. The smallest absolute Gasteiger partial charge is 0.274 e. The van der Waals surface area contributed by atoms with Crippen molar-refractivity contribution in [2.24, 2.45) is 5.92 Å². The van der Waals surface area contributed by atoms with Crippen molar-refractivity contribution in [3.8, 4) is 0 Å². The van der Waals surface area contributed by atoms with Crippen LogP contribution in [0.2, 0.25) is 0 Å². The largest absolute Gasteiger partial charge is 0.395 e. The molecule has 1 aliphatic carbocycles. The zero-order chi connectivity index (χ0) is 14.0. The van der Waals surface area contributed by atoms with Gasteiger partial charge in [0.1, 0.15) is 0 Å². The SMILES string of the molecule is Cc1[nH]nc(C(=O)NCC2(O)CCC(C)CC2)c1N. The normalized spacial score (nSPS) is 27.2. The van der Waals surface area contributed by atoms with Crippen molar-refractivity contribution >= 4 is 11.6 Å². The van der Waals surface area contributed by atoms with Crippen LogP contribution in [-0.2, 0) is 0 Å². The second-order valence-electron chi connectivity index (χ2n) is 5.70. The predicted molar refractivity (Wildman–Crippen MR) is 72.7 cm³/mol. The average molecular weight is 266 g/mol. The minimum Gasteiger partial charge on any atom is -0.395 e. The molecule has 5 N–H and O–H groups in total. The Bertz CT molecular complexity index is 461. The van der Waals surface area contributed by atoms with E-state index in [2.05, 4.69) is 22.4 Å². The lowest BCUT2D eigenvalue weighted by Gasteiger charge is -2.34. The molecule has 19 heavy (non-hydrogen) atoms. The Morgan fingerprint density at radius 1 is 1.58 bits per heavy atom. The molecular weight excluding hydrogens is 244 g/mol. The molecule has 1 aromatic rings. The van der Waals surface area contributed by atoms with E-state index in [4.69, 9.17) is 5.73 Å². The van der Waals surface area contributed by atoms with Gasteiger partial charge in [-0.15, -0.1) is 0 Å². The van der Waals surface area contributed by atoms with E-state index < -0.39 is 5.60 Å². The summed E-state index contributed by atoms with van der Waals surface area (Å²) >= 11 is 0. The number of aromatic nitrogens is 2. The van der Waals surface area contributed by atoms with Gasteiger partial charge in [0.05, 0.1) is 17.0 Å². The lowest BCUT2D eigenvalue weighted by Crippen LogP contribution is -2.45. The standard InChI is InChI=1S/C13H22N4O2/c1-8-3-5-13(19,6-4-8)7-15-12(18)11-10(14)9(2)16-17-11/h8,19H,3-7,14H2,1-2H3,(H,15,18)(H,16,17). The van der Waals surface area contributed by atoms with Gasteiger partial charge in [-0.3, -0.25) is 9.89 Å². The van der Waals surface area contributed by atoms with E-state index in [-0.39, 0.29) is 18.1 Å². The molecule has 2 rings (SSSR count). The van der Waals surface area contributed by atoms with Crippen LogP contribution >= 0.6 is 0 Å². The Morgan fingerprint density at radius 2 is 2.21 bits per heavy atom. The van der Waals surface area contributed by atoms with Crippen LogP contribution in [-0.4, -0.2) is 33.4 Å². The molecule has 0 aromatic carbocycles. The van der Waals surface area contributed by atoms with Crippen molar-refractivity contribution in [2.45, 2.75) is 45.1 Å². The molecule has 1 aromatic heterocycles. The van der Waals surface area contributed by atoms with Crippen molar-refractivity contribution in [3.05, 3.63) is 11.4 Å². The third-order valence-electron chi connectivity index (χ3n) is 3.99. The maximum absolute atomic E-state index is 11.9. The van der Waals surface area contributed by atoms with Crippen molar-refractivity contribution in [1.82, 2.24) is 15.5 Å². The van der Waals surface area contributed by atoms with Gasteiger partial charge in [-0.1, -0.05) is 6.92 Å². The van der Waals surface area contributed by atoms with Crippen LogP contribution in [0.3, 0.4) is 0 Å². The van der Waals surface area contributed by atoms with E-state index in [1.807, 2.05) is 0 Å². The Labute approximate surface area is 112 Å². The highest BCUT2D eigenvalue weighted by Crippen LogP contribution is 2.31. The van der Waals surface area contributed by atoms with Gasteiger partial charge in [0.25, 0.3) is 5.91 Å². The number of H-pyrrole nitrogens is 1. The molecule has 6 nitrogen and oxygen atoms in total. The van der Waals surface area contributed by atoms with Crippen molar-refractivity contribution in [3.63, 3.8) is 0 Å². The number of amides is 1. The number of aliphatic hydroxyl groups is 1. The van der Waals surface area contributed by atoms with E-state index in [1.165, 1.54) is 0 Å².